The van der Waals surface area contributed by atoms with Crippen LogP contribution in [0.15, 0.2) is 18.2 Å². The van der Waals surface area contributed by atoms with Crippen LogP contribution in [0.25, 0.3) is 0 Å². The molecule has 1 aromatic rings. The first-order valence-corrected chi connectivity index (χ1v) is 5.39. The highest BCUT2D eigenvalue weighted by atomic mass is 19.4. The van der Waals surface area contributed by atoms with E-state index >= 15 is 0 Å². The molecule has 0 aliphatic rings. The topological polar surface area (TPSA) is 83.8 Å². The normalized spacial score (nSPS) is 12.8. The van der Waals surface area contributed by atoms with Crippen LogP contribution >= 0.6 is 0 Å². The van der Waals surface area contributed by atoms with Crippen LogP contribution < -0.4 is 4.74 Å². The van der Waals surface area contributed by atoms with Crippen LogP contribution in [0, 0.1) is 0 Å². The van der Waals surface area contributed by atoms with Crippen molar-refractivity contribution < 1.29 is 37.7 Å². The highest BCUT2D eigenvalue weighted by Gasteiger charge is 2.34. The van der Waals surface area contributed by atoms with Crippen LogP contribution in [0.3, 0.4) is 0 Å². The molecule has 5 nitrogen and oxygen atoms in total. The summed E-state index contributed by atoms with van der Waals surface area (Å²) < 4.78 is 40.2. The van der Waals surface area contributed by atoms with Gasteiger partial charge in [0.05, 0.1) is 0 Å². The molecule has 0 radical (unpaired) electrons. The number of aliphatic hydroxyl groups excluding tert-OH is 1. The molecule has 0 saturated heterocycles. The van der Waals surface area contributed by atoms with E-state index < -0.39 is 29.7 Å². The van der Waals surface area contributed by atoms with E-state index in [0.717, 1.165) is 12.1 Å². The number of carbonyl (C=O) groups is 2. The highest BCUT2D eigenvalue weighted by Crippen LogP contribution is 2.31. The predicted octanol–water partition coefficient (Wildman–Crippen LogP) is 1.83. The fraction of sp³-hybridized carbons (Fsp3) is 0.333. The third-order valence-electron chi connectivity index (χ3n) is 2.28. The fourth-order valence-corrected chi connectivity index (χ4v) is 1.56. The number of benzene rings is 1. The number of ether oxygens (including phenoxy) is 1. The smallest absolute Gasteiger partial charge is 0.479 e. The number of halogens is 3. The maximum Gasteiger partial charge on any atom is 0.573 e. The maximum atomic E-state index is 12.2. The summed E-state index contributed by atoms with van der Waals surface area (Å²) in [7, 11) is 0. The monoisotopic (exact) mass is 292 g/mol. The Kier molecular flexibility index (Phi) is 4.72. The van der Waals surface area contributed by atoms with Gasteiger partial charge in [-0.15, -0.1) is 13.2 Å². The van der Waals surface area contributed by atoms with E-state index in [2.05, 4.69) is 4.74 Å². The third kappa shape index (κ3) is 4.54. The molecule has 8 heteroatoms. The van der Waals surface area contributed by atoms with E-state index in [9.17, 15) is 27.9 Å². The van der Waals surface area contributed by atoms with Gasteiger partial charge in [0.15, 0.2) is 6.10 Å². The number of ketones is 1. The molecule has 0 aromatic heterocycles. The average Bonchev–Trinajstić information content (AvgIpc) is 2.27. The molecule has 1 rings (SSSR count). The third-order valence-corrected chi connectivity index (χ3v) is 2.28. The number of hydrogen-bond donors (Lipinski definition) is 2. The van der Waals surface area contributed by atoms with Gasteiger partial charge < -0.3 is 14.9 Å². The molecule has 0 amide bonds. The fourth-order valence-electron chi connectivity index (χ4n) is 1.56. The minimum absolute atomic E-state index is 0.0916. The molecule has 0 aliphatic heterocycles. The number of aliphatic carboxylic acids is 1. The van der Waals surface area contributed by atoms with Gasteiger partial charge >= 0.3 is 12.3 Å². The van der Waals surface area contributed by atoms with Gasteiger partial charge in [-0.25, -0.2) is 4.79 Å². The van der Waals surface area contributed by atoms with Crippen molar-refractivity contribution in [2.24, 2.45) is 0 Å². The number of rotatable bonds is 5. The second kappa shape index (κ2) is 5.91. The van der Waals surface area contributed by atoms with Gasteiger partial charge in [-0.05, 0) is 24.6 Å². The maximum absolute atomic E-state index is 12.2. The van der Waals surface area contributed by atoms with Gasteiger partial charge in [0, 0.05) is 12.0 Å². The second-order valence-corrected chi connectivity index (χ2v) is 4.04. The first-order valence-electron chi connectivity index (χ1n) is 5.39. The molecule has 0 heterocycles. The molecule has 0 fully saturated rings. The standard InChI is InChI=1S/C12H11F3O5/c1-6(16)4-7-2-3-9(20-12(13,14)15)8(5-7)10(17)11(18)19/h2-3,5,10,17H,4H2,1H3,(H,18,19). The number of aliphatic hydroxyl groups is 1. The summed E-state index contributed by atoms with van der Waals surface area (Å²) in [5.41, 5.74) is -0.282. The Morgan fingerprint density at radius 2 is 1.95 bits per heavy atom. The van der Waals surface area contributed by atoms with Gasteiger partial charge in [-0.3, -0.25) is 4.79 Å². The van der Waals surface area contributed by atoms with E-state index in [-0.39, 0.29) is 17.8 Å². The summed E-state index contributed by atoms with van der Waals surface area (Å²) in [4.78, 5) is 21.6. The molecule has 2 N–H and O–H groups in total. The number of Topliss-reactive ketones (excluding diaryl/α,β-unsaturated/α-hetero) is 1. The first-order chi connectivity index (χ1) is 9.10. The van der Waals surface area contributed by atoms with Crippen molar-refractivity contribution in [1.82, 2.24) is 0 Å². The van der Waals surface area contributed by atoms with Gasteiger partial charge in [-0.2, -0.15) is 0 Å². The predicted molar refractivity (Wildman–Crippen MR) is 60.1 cm³/mol. The van der Waals surface area contributed by atoms with Crippen LogP contribution in [0.4, 0.5) is 13.2 Å². The first kappa shape index (κ1) is 16.0. The van der Waals surface area contributed by atoms with E-state index in [4.69, 9.17) is 5.11 Å². The van der Waals surface area contributed by atoms with Crippen LogP contribution in [-0.2, 0) is 16.0 Å². The molecule has 0 spiro atoms. The summed E-state index contributed by atoms with van der Waals surface area (Å²) in [6, 6.07) is 3.06. The zero-order valence-electron chi connectivity index (χ0n) is 10.3. The zero-order chi connectivity index (χ0) is 15.5. The quantitative estimate of drug-likeness (QED) is 0.865. The van der Waals surface area contributed by atoms with Crippen molar-refractivity contribution in [3.8, 4) is 5.75 Å². The van der Waals surface area contributed by atoms with E-state index in [1.165, 1.54) is 13.0 Å². The molecule has 0 aliphatic carbocycles. The highest BCUT2D eigenvalue weighted by molar-refractivity contribution is 5.79. The van der Waals surface area contributed by atoms with Crippen molar-refractivity contribution >= 4 is 11.8 Å². The van der Waals surface area contributed by atoms with Crippen LogP contribution in [0.2, 0.25) is 0 Å². The Balaban J connectivity index is 3.22. The van der Waals surface area contributed by atoms with Crippen molar-refractivity contribution in [2.75, 3.05) is 0 Å². The van der Waals surface area contributed by atoms with Gasteiger partial charge in [-0.1, -0.05) is 6.07 Å². The largest absolute Gasteiger partial charge is 0.573 e. The van der Waals surface area contributed by atoms with Crippen LogP contribution in [0.1, 0.15) is 24.2 Å². The Hall–Kier alpha value is -2.09. The molecular weight excluding hydrogens is 281 g/mol. The van der Waals surface area contributed by atoms with Gasteiger partial charge in [0.25, 0.3) is 0 Å². The average molecular weight is 292 g/mol. The molecule has 0 bridgehead atoms. The second-order valence-electron chi connectivity index (χ2n) is 4.04. The molecule has 110 valence electrons. The lowest BCUT2D eigenvalue weighted by atomic mass is 10.0. The Bertz CT molecular complexity index is 524. The minimum atomic E-state index is -5.02. The van der Waals surface area contributed by atoms with E-state index in [1.807, 2.05) is 0 Å². The van der Waals surface area contributed by atoms with Gasteiger partial charge in [0.1, 0.15) is 11.5 Å². The summed E-state index contributed by atoms with van der Waals surface area (Å²) in [6.45, 7) is 1.27. The summed E-state index contributed by atoms with van der Waals surface area (Å²) in [5, 5.41) is 18.1. The number of carbonyl (C=O) groups excluding carboxylic acids is 1. The van der Waals surface area contributed by atoms with E-state index in [0.29, 0.717) is 0 Å². The Morgan fingerprint density at radius 1 is 1.35 bits per heavy atom. The Labute approximate surface area is 111 Å². The summed E-state index contributed by atoms with van der Waals surface area (Å²) in [5.74, 6) is -2.80. The van der Waals surface area contributed by atoms with Crippen molar-refractivity contribution in [3.05, 3.63) is 29.3 Å². The molecule has 20 heavy (non-hydrogen) atoms. The van der Waals surface area contributed by atoms with Crippen molar-refractivity contribution in [3.63, 3.8) is 0 Å². The molecule has 1 atom stereocenters. The molecule has 0 saturated carbocycles. The molecule has 1 unspecified atom stereocenters. The number of carboxylic acid groups (broad SMARTS) is 1. The van der Waals surface area contributed by atoms with Crippen molar-refractivity contribution in [2.45, 2.75) is 25.8 Å². The molecule has 1 aromatic carbocycles. The number of hydrogen-bond acceptors (Lipinski definition) is 4. The Morgan fingerprint density at radius 3 is 2.40 bits per heavy atom. The lowest BCUT2D eigenvalue weighted by molar-refractivity contribution is -0.275. The lowest BCUT2D eigenvalue weighted by Crippen LogP contribution is -2.20. The molecular formula is C12H11F3O5. The number of alkyl halides is 3. The van der Waals surface area contributed by atoms with Gasteiger partial charge in [0.2, 0.25) is 0 Å². The van der Waals surface area contributed by atoms with Crippen molar-refractivity contribution in [1.29, 1.82) is 0 Å². The SMILES string of the molecule is CC(=O)Cc1ccc(OC(F)(F)F)c(C(O)C(=O)O)c1. The minimum Gasteiger partial charge on any atom is -0.479 e. The summed E-state index contributed by atoms with van der Waals surface area (Å²) in [6.07, 6.45) is -7.29. The summed E-state index contributed by atoms with van der Waals surface area (Å²) >= 11 is 0. The lowest BCUT2D eigenvalue weighted by Gasteiger charge is -2.16. The van der Waals surface area contributed by atoms with Crippen LogP contribution in [-0.4, -0.2) is 28.3 Å². The van der Waals surface area contributed by atoms with E-state index in [1.54, 1.807) is 0 Å². The number of carboxylic acids is 1. The zero-order valence-corrected chi connectivity index (χ0v) is 10.3. The van der Waals surface area contributed by atoms with Crippen LogP contribution in [0.5, 0.6) is 5.75 Å².